The maximum atomic E-state index is 9.37. The second-order valence-corrected chi connectivity index (χ2v) is 3.70. The lowest BCUT2D eigenvalue weighted by Gasteiger charge is -2.31. The van der Waals surface area contributed by atoms with Crippen LogP contribution in [0, 0.1) is 0 Å². The molecule has 0 bridgehead atoms. The van der Waals surface area contributed by atoms with E-state index in [1.807, 2.05) is 6.92 Å². The first-order chi connectivity index (χ1) is 5.66. The molecule has 0 spiro atoms. The van der Waals surface area contributed by atoms with Gasteiger partial charge in [0.1, 0.15) is 0 Å². The largest absolute Gasteiger partial charge is 0.395 e. The summed E-state index contributed by atoms with van der Waals surface area (Å²) >= 11 is 0. The van der Waals surface area contributed by atoms with Crippen molar-refractivity contribution in [3.8, 4) is 0 Å². The fraction of sp³-hybridized carbons (Fsp3) is 1.00. The highest BCUT2D eigenvalue weighted by molar-refractivity contribution is 4.84. The molecule has 1 saturated heterocycles. The van der Waals surface area contributed by atoms with Crippen molar-refractivity contribution in [2.75, 3.05) is 13.2 Å². The molecule has 72 valence electrons. The number of aliphatic hydroxyl groups excluding tert-OH is 2. The van der Waals surface area contributed by atoms with Crippen LogP contribution in [-0.2, 0) is 0 Å². The summed E-state index contributed by atoms with van der Waals surface area (Å²) in [5, 5.41) is 18.4. The lowest BCUT2D eigenvalue weighted by atomic mass is 10.1. The van der Waals surface area contributed by atoms with Gasteiger partial charge in [-0.1, -0.05) is 0 Å². The van der Waals surface area contributed by atoms with E-state index in [2.05, 4.69) is 4.90 Å². The SMILES string of the molecule is CC(O)C(C)N1CCC[C@@H]1CO. The zero-order chi connectivity index (χ0) is 9.14. The number of likely N-dealkylation sites (tertiary alicyclic amines) is 1. The Labute approximate surface area is 74.0 Å². The first-order valence-corrected chi connectivity index (χ1v) is 4.71. The van der Waals surface area contributed by atoms with Crippen molar-refractivity contribution in [2.45, 2.75) is 44.9 Å². The lowest BCUT2D eigenvalue weighted by molar-refractivity contribution is 0.0456. The van der Waals surface area contributed by atoms with Crippen LogP contribution in [-0.4, -0.2) is 46.5 Å². The quantitative estimate of drug-likeness (QED) is 0.641. The molecule has 1 aliphatic heterocycles. The second kappa shape index (κ2) is 4.21. The number of hydrogen-bond donors (Lipinski definition) is 2. The van der Waals surface area contributed by atoms with Crippen LogP contribution in [0.5, 0.6) is 0 Å². The van der Waals surface area contributed by atoms with Crippen molar-refractivity contribution < 1.29 is 10.2 Å². The molecule has 0 amide bonds. The normalized spacial score (nSPS) is 30.5. The molecule has 0 aromatic rings. The van der Waals surface area contributed by atoms with Gasteiger partial charge in [-0.2, -0.15) is 0 Å². The fourth-order valence-electron chi connectivity index (χ4n) is 1.87. The minimum absolute atomic E-state index is 0.171. The van der Waals surface area contributed by atoms with Crippen LogP contribution >= 0.6 is 0 Å². The first-order valence-electron chi connectivity index (χ1n) is 4.71. The zero-order valence-corrected chi connectivity index (χ0v) is 7.90. The van der Waals surface area contributed by atoms with Crippen molar-refractivity contribution in [2.24, 2.45) is 0 Å². The van der Waals surface area contributed by atoms with Crippen LogP contribution in [0.4, 0.5) is 0 Å². The predicted octanol–water partition coefficient (Wildman–Crippen LogP) is 0.212. The topological polar surface area (TPSA) is 43.7 Å². The standard InChI is InChI=1S/C9H19NO2/c1-7(8(2)12)10-5-3-4-9(10)6-11/h7-9,11-12H,3-6H2,1-2H3/t7?,8?,9-/m1/s1. The Bertz CT molecular complexity index is 138. The molecular formula is C9H19NO2. The van der Waals surface area contributed by atoms with Gasteiger partial charge in [-0.3, -0.25) is 4.90 Å². The van der Waals surface area contributed by atoms with E-state index in [4.69, 9.17) is 5.11 Å². The van der Waals surface area contributed by atoms with Crippen molar-refractivity contribution in [1.82, 2.24) is 4.90 Å². The van der Waals surface area contributed by atoms with Crippen molar-refractivity contribution in [3.63, 3.8) is 0 Å². The summed E-state index contributed by atoms with van der Waals surface area (Å²) in [6.45, 7) is 5.05. The summed E-state index contributed by atoms with van der Waals surface area (Å²) in [7, 11) is 0. The maximum absolute atomic E-state index is 9.37. The van der Waals surface area contributed by atoms with Crippen LogP contribution in [0.2, 0.25) is 0 Å². The highest BCUT2D eigenvalue weighted by atomic mass is 16.3. The van der Waals surface area contributed by atoms with Crippen LogP contribution in [0.1, 0.15) is 26.7 Å². The fourth-order valence-corrected chi connectivity index (χ4v) is 1.87. The predicted molar refractivity (Wildman–Crippen MR) is 48.0 cm³/mol. The van der Waals surface area contributed by atoms with E-state index in [1.165, 1.54) is 0 Å². The van der Waals surface area contributed by atoms with E-state index < -0.39 is 0 Å². The third-order valence-electron chi connectivity index (χ3n) is 2.85. The van der Waals surface area contributed by atoms with Crippen LogP contribution < -0.4 is 0 Å². The molecule has 3 nitrogen and oxygen atoms in total. The van der Waals surface area contributed by atoms with Gasteiger partial charge in [0.05, 0.1) is 12.7 Å². The molecule has 2 N–H and O–H groups in total. The zero-order valence-electron chi connectivity index (χ0n) is 7.90. The summed E-state index contributed by atoms with van der Waals surface area (Å²) in [6.07, 6.45) is 1.90. The first kappa shape index (κ1) is 9.96. The lowest BCUT2D eigenvalue weighted by Crippen LogP contribution is -2.44. The number of nitrogens with zero attached hydrogens (tertiary/aromatic N) is 1. The van der Waals surface area contributed by atoms with Crippen molar-refractivity contribution in [1.29, 1.82) is 0 Å². The molecule has 0 saturated carbocycles. The monoisotopic (exact) mass is 173 g/mol. The molecule has 3 atom stereocenters. The van der Waals surface area contributed by atoms with Gasteiger partial charge in [-0.25, -0.2) is 0 Å². The molecule has 1 heterocycles. The van der Waals surface area contributed by atoms with Crippen molar-refractivity contribution >= 4 is 0 Å². The molecule has 3 heteroatoms. The number of hydrogen-bond acceptors (Lipinski definition) is 3. The molecule has 12 heavy (non-hydrogen) atoms. The van der Waals surface area contributed by atoms with E-state index in [1.54, 1.807) is 6.92 Å². The Balaban J connectivity index is 2.49. The second-order valence-electron chi connectivity index (χ2n) is 3.70. The average molecular weight is 173 g/mol. The van der Waals surface area contributed by atoms with Gasteiger partial charge in [0.15, 0.2) is 0 Å². The van der Waals surface area contributed by atoms with Crippen LogP contribution in [0.25, 0.3) is 0 Å². The molecule has 0 radical (unpaired) electrons. The summed E-state index contributed by atoms with van der Waals surface area (Å²) in [5.41, 5.74) is 0. The smallest absolute Gasteiger partial charge is 0.0664 e. The van der Waals surface area contributed by atoms with Crippen molar-refractivity contribution in [3.05, 3.63) is 0 Å². The van der Waals surface area contributed by atoms with Crippen LogP contribution in [0.3, 0.4) is 0 Å². The third-order valence-corrected chi connectivity index (χ3v) is 2.85. The molecular weight excluding hydrogens is 154 g/mol. The Morgan fingerprint density at radius 1 is 1.50 bits per heavy atom. The Morgan fingerprint density at radius 3 is 2.67 bits per heavy atom. The molecule has 0 aromatic heterocycles. The van der Waals surface area contributed by atoms with E-state index in [0.717, 1.165) is 19.4 Å². The minimum atomic E-state index is -0.308. The molecule has 2 unspecified atom stereocenters. The third kappa shape index (κ3) is 1.97. The van der Waals surface area contributed by atoms with Gasteiger partial charge in [-0.15, -0.1) is 0 Å². The molecule has 0 aliphatic carbocycles. The van der Waals surface area contributed by atoms with Gasteiger partial charge in [0.2, 0.25) is 0 Å². The Kier molecular flexibility index (Phi) is 3.50. The minimum Gasteiger partial charge on any atom is -0.395 e. The maximum Gasteiger partial charge on any atom is 0.0664 e. The Morgan fingerprint density at radius 2 is 2.17 bits per heavy atom. The van der Waals surface area contributed by atoms with Crippen LogP contribution in [0.15, 0.2) is 0 Å². The van der Waals surface area contributed by atoms with E-state index in [-0.39, 0.29) is 24.8 Å². The number of aliphatic hydroxyl groups is 2. The highest BCUT2D eigenvalue weighted by Crippen LogP contribution is 2.20. The summed E-state index contributed by atoms with van der Waals surface area (Å²) < 4.78 is 0. The van der Waals surface area contributed by atoms with Gasteiger partial charge < -0.3 is 10.2 Å². The van der Waals surface area contributed by atoms with Gasteiger partial charge in [0, 0.05) is 12.1 Å². The van der Waals surface area contributed by atoms with Gasteiger partial charge >= 0.3 is 0 Å². The van der Waals surface area contributed by atoms with Gasteiger partial charge in [-0.05, 0) is 33.2 Å². The van der Waals surface area contributed by atoms with E-state index in [9.17, 15) is 5.11 Å². The summed E-state index contributed by atoms with van der Waals surface area (Å²) in [6, 6.07) is 0.444. The van der Waals surface area contributed by atoms with E-state index >= 15 is 0 Å². The molecule has 1 aliphatic rings. The number of rotatable bonds is 3. The molecule has 1 fully saturated rings. The average Bonchev–Trinajstić information content (AvgIpc) is 2.49. The van der Waals surface area contributed by atoms with E-state index in [0.29, 0.717) is 0 Å². The molecule has 1 rings (SSSR count). The van der Waals surface area contributed by atoms with Gasteiger partial charge in [0.25, 0.3) is 0 Å². The highest BCUT2D eigenvalue weighted by Gasteiger charge is 2.29. The Hall–Kier alpha value is -0.120. The molecule has 0 aromatic carbocycles. The summed E-state index contributed by atoms with van der Waals surface area (Å²) in [4.78, 5) is 2.20. The summed E-state index contributed by atoms with van der Waals surface area (Å²) in [5.74, 6) is 0.